The number of nitrogens with one attached hydrogen (secondary N) is 1. The number of nitrogens with zero attached hydrogens (tertiary/aromatic N) is 3. The normalized spacial score (nSPS) is 13.5. The lowest BCUT2D eigenvalue weighted by Crippen LogP contribution is -2.46. The topological polar surface area (TPSA) is 76.2 Å². The molecule has 8 nitrogen and oxygen atoms in total. The fraction of sp³-hybridized carbons (Fsp3) is 0.273. The van der Waals surface area contributed by atoms with Crippen molar-refractivity contribution in [3.05, 3.63) is 96.3 Å². The number of benzene rings is 3. The van der Waals surface area contributed by atoms with Crippen LogP contribution in [0, 0.1) is 0 Å². The molecule has 2 heterocycles. The summed E-state index contributed by atoms with van der Waals surface area (Å²) in [6.45, 7) is 7.08. The number of ether oxygens (including phenoxy) is 3. The van der Waals surface area contributed by atoms with Gasteiger partial charge in [-0.2, -0.15) is 0 Å². The van der Waals surface area contributed by atoms with E-state index in [-0.39, 0.29) is 5.91 Å². The molecule has 0 aliphatic carbocycles. The van der Waals surface area contributed by atoms with E-state index in [1.165, 1.54) is 0 Å². The van der Waals surface area contributed by atoms with Gasteiger partial charge in [-0.05, 0) is 73.2 Å². The summed E-state index contributed by atoms with van der Waals surface area (Å²) in [5.74, 6) is 2.25. The summed E-state index contributed by atoms with van der Waals surface area (Å²) in [7, 11) is 3.34. The Bertz CT molecular complexity index is 1450. The molecule has 1 aliphatic heterocycles. The number of amides is 1. The minimum Gasteiger partial charge on any atom is -0.497 e. The Labute approximate surface area is 241 Å². The van der Waals surface area contributed by atoms with Crippen LogP contribution in [0.4, 0.5) is 11.4 Å². The number of piperazine rings is 1. The fourth-order valence-corrected chi connectivity index (χ4v) is 4.98. The van der Waals surface area contributed by atoms with Crippen LogP contribution in [0.5, 0.6) is 17.2 Å². The first-order chi connectivity index (χ1) is 20.1. The van der Waals surface area contributed by atoms with E-state index < -0.39 is 0 Å². The highest BCUT2D eigenvalue weighted by Crippen LogP contribution is 2.30. The Morgan fingerprint density at radius 3 is 2.27 bits per heavy atom. The van der Waals surface area contributed by atoms with Crippen molar-refractivity contribution in [1.82, 2.24) is 9.88 Å². The third-order valence-corrected chi connectivity index (χ3v) is 7.25. The van der Waals surface area contributed by atoms with Crippen molar-refractivity contribution in [1.29, 1.82) is 0 Å². The van der Waals surface area contributed by atoms with E-state index >= 15 is 0 Å². The van der Waals surface area contributed by atoms with Gasteiger partial charge in [0.1, 0.15) is 17.2 Å². The van der Waals surface area contributed by atoms with Gasteiger partial charge in [0.2, 0.25) is 0 Å². The van der Waals surface area contributed by atoms with Crippen LogP contribution in [0.3, 0.4) is 0 Å². The number of methoxy groups -OCH3 is 2. The van der Waals surface area contributed by atoms with Crippen LogP contribution in [0.25, 0.3) is 11.1 Å². The fourth-order valence-electron chi connectivity index (χ4n) is 4.98. The van der Waals surface area contributed by atoms with Crippen molar-refractivity contribution in [3.8, 4) is 28.4 Å². The molecule has 4 aromatic rings. The summed E-state index contributed by atoms with van der Waals surface area (Å²) in [5.41, 5.74) is 5.68. The number of hydrogen-bond donors (Lipinski definition) is 1. The van der Waals surface area contributed by atoms with E-state index in [0.29, 0.717) is 12.2 Å². The molecule has 0 radical (unpaired) electrons. The van der Waals surface area contributed by atoms with Crippen LogP contribution in [0.1, 0.15) is 22.8 Å². The molecule has 0 saturated carbocycles. The van der Waals surface area contributed by atoms with Crippen LogP contribution in [-0.2, 0) is 6.54 Å². The van der Waals surface area contributed by atoms with Crippen molar-refractivity contribution in [2.24, 2.45) is 0 Å². The lowest BCUT2D eigenvalue weighted by atomic mass is 10.0. The molecule has 212 valence electrons. The average molecular weight is 553 g/mol. The molecule has 0 atom stereocenters. The monoisotopic (exact) mass is 552 g/mol. The van der Waals surface area contributed by atoms with Gasteiger partial charge in [-0.15, -0.1) is 0 Å². The highest BCUT2D eigenvalue weighted by Gasteiger charge is 2.19. The molecular weight excluding hydrogens is 516 g/mol. The predicted octanol–water partition coefficient (Wildman–Crippen LogP) is 5.74. The zero-order valence-electron chi connectivity index (χ0n) is 23.8. The number of aromatic nitrogens is 1. The first kappa shape index (κ1) is 28.0. The molecule has 1 amide bonds. The predicted molar refractivity (Wildman–Crippen MR) is 162 cm³/mol. The van der Waals surface area contributed by atoms with E-state index in [1.807, 2.05) is 67.7 Å². The molecular formula is C33H36N4O4. The summed E-state index contributed by atoms with van der Waals surface area (Å²) < 4.78 is 16.6. The van der Waals surface area contributed by atoms with Crippen molar-refractivity contribution < 1.29 is 19.0 Å². The lowest BCUT2D eigenvalue weighted by Gasteiger charge is -2.36. The van der Waals surface area contributed by atoms with E-state index in [4.69, 9.17) is 14.2 Å². The molecule has 5 rings (SSSR count). The van der Waals surface area contributed by atoms with Crippen LogP contribution in [0.15, 0.2) is 85.2 Å². The first-order valence-corrected chi connectivity index (χ1v) is 13.8. The maximum atomic E-state index is 12.7. The maximum Gasteiger partial charge on any atom is 0.255 e. The van der Waals surface area contributed by atoms with Gasteiger partial charge in [0, 0.05) is 67.0 Å². The molecule has 1 fully saturated rings. The van der Waals surface area contributed by atoms with Crippen LogP contribution < -0.4 is 24.4 Å². The number of anilines is 2. The van der Waals surface area contributed by atoms with Gasteiger partial charge >= 0.3 is 0 Å². The van der Waals surface area contributed by atoms with E-state index in [2.05, 4.69) is 38.3 Å². The van der Waals surface area contributed by atoms with Gasteiger partial charge in [0.05, 0.1) is 27.0 Å². The van der Waals surface area contributed by atoms with Gasteiger partial charge in [0.25, 0.3) is 5.91 Å². The van der Waals surface area contributed by atoms with E-state index in [9.17, 15) is 4.79 Å². The summed E-state index contributed by atoms with van der Waals surface area (Å²) in [6, 6.07) is 23.5. The molecule has 1 aromatic heterocycles. The summed E-state index contributed by atoms with van der Waals surface area (Å²) in [4.78, 5) is 21.8. The molecule has 1 aliphatic rings. The summed E-state index contributed by atoms with van der Waals surface area (Å²) in [5, 5.41) is 2.93. The number of rotatable bonds is 10. The minimum absolute atomic E-state index is 0.134. The highest BCUT2D eigenvalue weighted by atomic mass is 16.5. The van der Waals surface area contributed by atoms with Gasteiger partial charge in [0.15, 0.2) is 0 Å². The van der Waals surface area contributed by atoms with Crippen molar-refractivity contribution in [3.63, 3.8) is 0 Å². The van der Waals surface area contributed by atoms with E-state index in [1.54, 1.807) is 20.4 Å². The Morgan fingerprint density at radius 2 is 1.59 bits per heavy atom. The standard InChI is InChI=1S/C33H36N4O4/c1-4-41-31-19-27(21-34-22-31)25-5-6-26(32(20-25)40-3)23-36-15-17-37(18-16-36)29-11-7-24(8-12-29)33(38)35-28-9-13-30(39-2)14-10-28/h5-14,19-22H,4,15-18,23H2,1-3H3,(H,35,38). The molecule has 0 spiro atoms. The number of hydrogen-bond acceptors (Lipinski definition) is 7. The summed E-state index contributed by atoms with van der Waals surface area (Å²) in [6.07, 6.45) is 3.57. The van der Waals surface area contributed by atoms with Gasteiger partial charge in [-0.3, -0.25) is 14.7 Å². The van der Waals surface area contributed by atoms with Crippen LogP contribution in [-0.4, -0.2) is 62.8 Å². The first-order valence-electron chi connectivity index (χ1n) is 13.8. The number of pyridine rings is 1. The second-order valence-electron chi connectivity index (χ2n) is 9.86. The zero-order chi connectivity index (χ0) is 28.6. The molecule has 1 saturated heterocycles. The third-order valence-electron chi connectivity index (χ3n) is 7.25. The van der Waals surface area contributed by atoms with Gasteiger partial charge in [-0.1, -0.05) is 12.1 Å². The quantitative estimate of drug-likeness (QED) is 0.269. The molecule has 3 aromatic carbocycles. The number of carbonyl (C=O) groups is 1. The number of carbonyl (C=O) groups excluding carboxylic acids is 1. The second kappa shape index (κ2) is 13.2. The minimum atomic E-state index is -0.134. The van der Waals surface area contributed by atoms with Gasteiger partial charge in [-0.25, -0.2) is 0 Å². The molecule has 0 unspecified atom stereocenters. The van der Waals surface area contributed by atoms with Gasteiger partial charge < -0.3 is 24.4 Å². The largest absolute Gasteiger partial charge is 0.497 e. The second-order valence-corrected chi connectivity index (χ2v) is 9.86. The third kappa shape index (κ3) is 6.96. The maximum absolute atomic E-state index is 12.7. The Balaban J connectivity index is 1.16. The van der Waals surface area contributed by atoms with Crippen molar-refractivity contribution in [2.45, 2.75) is 13.5 Å². The molecule has 41 heavy (non-hydrogen) atoms. The molecule has 1 N–H and O–H groups in total. The van der Waals surface area contributed by atoms with Crippen LogP contribution >= 0.6 is 0 Å². The van der Waals surface area contributed by atoms with Crippen molar-refractivity contribution >= 4 is 17.3 Å². The highest BCUT2D eigenvalue weighted by molar-refractivity contribution is 6.04. The summed E-state index contributed by atoms with van der Waals surface area (Å²) >= 11 is 0. The molecule has 8 heteroatoms. The molecule has 0 bridgehead atoms. The van der Waals surface area contributed by atoms with Crippen LogP contribution in [0.2, 0.25) is 0 Å². The Kier molecular flexibility index (Phi) is 9.01. The smallest absolute Gasteiger partial charge is 0.255 e. The zero-order valence-corrected chi connectivity index (χ0v) is 23.8. The van der Waals surface area contributed by atoms with E-state index in [0.717, 1.165) is 78.0 Å². The lowest BCUT2D eigenvalue weighted by molar-refractivity contribution is 0.102. The Morgan fingerprint density at radius 1 is 0.829 bits per heavy atom. The van der Waals surface area contributed by atoms with Crippen molar-refractivity contribution in [2.75, 3.05) is 57.2 Å². The SMILES string of the molecule is CCOc1cncc(-c2ccc(CN3CCN(c4ccc(C(=O)Nc5ccc(OC)cc5)cc4)CC3)c(OC)c2)c1. The average Bonchev–Trinajstić information content (AvgIpc) is 3.02. The Hall–Kier alpha value is -4.56.